The summed E-state index contributed by atoms with van der Waals surface area (Å²) in [6, 6.07) is 0. The van der Waals surface area contributed by atoms with Crippen LogP contribution in [0.2, 0.25) is 0 Å². The van der Waals surface area contributed by atoms with Crippen LogP contribution >= 0.6 is 0 Å². The fourth-order valence-electron chi connectivity index (χ4n) is 2.54. The van der Waals surface area contributed by atoms with Gasteiger partial charge in [-0.25, -0.2) is 0 Å². The minimum Gasteiger partial charge on any atom is -0.393 e. The molecule has 0 aliphatic rings. The molecule has 1 nitrogen and oxygen atoms in total. The van der Waals surface area contributed by atoms with E-state index in [1.54, 1.807) is 0 Å². The largest absolute Gasteiger partial charge is 0.393 e. The minimum absolute atomic E-state index is 0.0967. The molecule has 0 aromatic carbocycles. The third-order valence-corrected chi connectivity index (χ3v) is 3.85. The van der Waals surface area contributed by atoms with Crippen LogP contribution in [0.15, 0.2) is 0 Å². The molecule has 0 spiro atoms. The van der Waals surface area contributed by atoms with E-state index in [0.717, 1.165) is 12.8 Å². The second-order valence-corrected chi connectivity index (χ2v) is 4.85. The van der Waals surface area contributed by atoms with Gasteiger partial charge in [0.15, 0.2) is 0 Å². The smallest absolute Gasteiger partial charge is 0.0593 e. The van der Waals surface area contributed by atoms with Gasteiger partial charge in [0.05, 0.1) is 6.10 Å². The first-order chi connectivity index (χ1) is 7.16. The molecule has 0 aromatic rings. The maximum atomic E-state index is 10.2. The van der Waals surface area contributed by atoms with Crippen molar-refractivity contribution in [3.63, 3.8) is 0 Å². The third kappa shape index (κ3) is 4.55. The van der Waals surface area contributed by atoms with E-state index in [0.29, 0.717) is 0 Å². The van der Waals surface area contributed by atoms with Gasteiger partial charge in [0, 0.05) is 0 Å². The van der Waals surface area contributed by atoms with Gasteiger partial charge in [-0.1, -0.05) is 53.4 Å². The SMILES string of the molecule is CCCCC(CC)(CCCC)C(O)CC. The topological polar surface area (TPSA) is 20.2 Å². The molecule has 0 fully saturated rings. The van der Waals surface area contributed by atoms with Gasteiger partial charge < -0.3 is 5.11 Å². The van der Waals surface area contributed by atoms with E-state index in [2.05, 4.69) is 27.7 Å². The van der Waals surface area contributed by atoms with Crippen molar-refractivity contribution in [2.45, 2.75) is 85.2 Å². The Kier molecular flexibility index (Phi) is 8.13. The molecule has 0 saturated heterocycles. The average Bonchev–Trinajstić information content (AvgIpc) is 2.29. The van der Waals surface area contributed by atoms with E-state index in [1.807, 2.05) is 0 Å². The van der Waals surface area contributed by atoms with Crippen molar-refractivity contribution in [3.05, 3.63) is 0 Å². The molecule has 1 unspecified atom stereocenters. The van der Waals surface area contributed by atoms with Crippen LogP contribution in [0.4, 0.5) is 0 Å². The van der Waals surface area contributed by atoms with E-state index in [-0.39, 0.29) is 11.5 Å². The molecule has 0 heterocycles. The molecule has 0 radical (unpaired) electrons. The van der Waals surface area contributed by atoms with E-state index in [9.17, 15) is 5.11 Å². The summed E-state index contributed by atoms with van der Waals surface area (Å²) in [5.74, 6) is 0. The summed E-state index contributed by atoms with van der Waals surface area (Å²) in [5, 5.41) is 10.2. The van der Waals surface area contributed by atoms with Crippen LogP contribution in [-0.4, -0.2) is 11.2 Å². The fourth-order valence-corrected chi connectivity index (χ4v) is 2.54. The normalized spacial score (nSPS) is 14.2. The van der Waals surface area contributed by atoms with Gasteiger partial charge in [-0.2, -0.15) is 0 Å². The van der Waals surface area contributed by atoms with Gasteiger partial charge in [-0.15, -0.1) is 0 Å². The Bertz CT molecular complexity index is 134. The first-order valence-corrected chi connectivity index (χ1v) is 6.84. The first kappa shape index (κ1) is 15.0. The van der Waals surface area contributed by atoms with Crippen molar-refractivity contribution in [1.82, 2.24) is 0 Å². The maximum absolute atomic E-state index is 10.2. The van der Waals surface area contributed by atoms with Crippen LogP contribution in [0.3, 0.4) is 0 Å². The number of rotatable bonds is 9. The molecule has 1 N–H and O–H groups in total. The van der Waals surface area contributed by atoms with Gasteiger partial charge in [0.1, 0.15) is 0 Å². The monoisotopic (exact) mass is 214 g/mol. The summed E-state index contributed by atoms with van der Waals surface area (Å²) in [6.45, 7) is 8.81. The van der Waals surface area contributed by atoms with Crippen molar-refractivity contribution in [1.29, 1.82) is 0 Å². The lowest BCUT2D eigenvalue weighted by Gasteiger charge is -2.37. The van der Waals surface area contributed by atoms with Gasteiger partial charge in [0.2, 0.25) is 0 Å². The zero-order chi connectivity index (χ0) is 11.7. The molecular weight excluding hydrogens is 184 g/mol. The highest BCUT2D eigenvalue weighted by Crippen LogP contribution is 2.39. The van der Waals surface area contributed by atoms with Crippen molar-refractivity contribution in [3.8, 4) is 0 Å². The van der Waals surface area contributed by atoms with Crippen LogP contribution in [0, 0.1) is 5.41 Å². The summed E-state index contributed by atoms with van der Waals surface area (Å²) < 4.78 is 0. The molecule has 0 aliphatic carbocycles. The number of unbranched alkanes of at least 4 members (excludes halogenated alkanes) is 2. The Morgan fingerprint density at radius 3 is 1.67 bits per heavy atom. The lowest BCUT2D eigenvalue weighted by molar-refractivity contribution is 0.00165. The maximum Gasteiger partial charge on any atom is 0.0593 e. The molecule has 0 rings (SSSR count). The van der Waals surface area contributed by atoms with Crippen molar-refractivity contribution in [2.75, 3.05) is 0 Å². The lowest BCUT2D eigenvalue weighted by Crippen LogP contribution is -2.34. The molecule has 1 atom stereocenters. The Balaban J connectivity index is 4.43. The van der Waals surface area contributed by atoms with Crippen LogP contribution in [0.5, 0.6) is 0 Å². The van der Waals surface area contributed by atoms with Crippen LogP contribution in [0.25, 0.3) is 0 Å². The lowest BCUT2D eigenvalue weighted by atomic mass is 9.71. The molecule has 0 bridgehead atoms. The summed E-state index contributed by atoms with van der Waals surface area (Å²) in [7, 11) is 0. The number of aliphatic hydroxyl groups excluding tert-OH is 1. The second kappa shape index (κ2) is 8.15. The highest BCUT2D eigenvalue weighted by atomic mass is 16.3. The average molecular weight is 214 g/mol. The summed E-state index contributed by atoms with van der Waals surface area (Å²) in [4.78, 5) is 0. The number of hydrogen-bond acceptors (Lipinski definition) is 1. The molecule has 0 saturated carbocycles. The number of aliphatic hydroxyl groups is 1. The van der Waals surface area contributed by atoms with E-state index in [4.69, 9.17) is 0 Å². The molecule has 15 heavy (non-hydrogen) atoms. The summed E-state index contributed by atoms with van der Waals surface area (Å²) in [6.07, 6.45) is 9.34. The molecule has 0 amide bonds. The van der Waals surface area contributed by atoms with E-state index >= 15 is 0 Å². The van der Waals surface area contributed by atoms with Gasteiger partial charge in [0.25, 0.3) is 0 Å². The highest BCUT2D eigenvalue weighted by Gasteiger charge is 2.33. The molecule has 1 heteroatoms. The highest BCUT2D eigenvalue weighted by molar-refractivity contribution is 4.84. The zero-order valence-corrected chi connectivity index (χ0v) is 11.2. The van der Waals surface area contributed by atoms with Crippen molar-refractivity contribution < 1.29 is 5.11 Å². The zero-order valence-electron chi connectivity index (χ0n) is 11.2. The van der Waals surface area contributed by atoms with Crippen LogP contribution in [0.1, 0.15) is 79.1 Å². The Morgan fingerprint density at radius 2 is 1.40 bits per heavy atom. The quantitative estimate of drug-likeness (QED) is 0.597. The third-order valence-electron chi connectivity index (χ3n) is 3.85. The Morgan fingerprint density at radius 1 is 0.933 bits per heavy atom. The Labute approximate surface area is 96.3 Å². The second-order valence-electron chi connectivity index (χ2n) is 4.85. The predicted molar refractivity (Wildman–Crippen MR) is 68.1 cm³/mol. The summed E-state index contributed by atoms with van der Waals surface area (Å²) in [5.41, 5.74) is 0.209. The summed E-state index contributed by atoms with van der Waals surface area (Å²) >= 11 is 0. The minimum atomic E-state index is -0.0967. The number of hydrogen-bond donors (Lipinski definition) is 1. The molecular formula is C14H30O. The van der Waals surface area contributed by atoms with Crippen molar-refractivity contribution >= 4 is 0 Å². The molecule has 0 aliphatic heterocycles. The molecule has 92 valence electrons. The van der Waals surface area contributed by atoms with Gasteiger partial charge >= 0.3 is 0 Å². The van der Waals surface area contributed by atoms with Gasteiger partial charge in [-0.05, 0) is 31.1 Å². The van der Waals surface area contributed by atoms with Gasteiger partial charge in [-0.3, -0.25) is 0 Å². The standard InChI is InChI=1S/C14H30O/c1-5-9-11-14(8-4,12-10-6-2)13(15)7-3/h13,15H,5-12H2,1-4H3. The first-order valence-electron chi connectivity index (χ1n) is 6.84. The molecule has 0 aromatic heterocycles. The van der Waals surface area contributed by atoms with Crippen LogP contribution < -0.4 is 0 Å². The Hall–Kier alpha value is -0.0400. The van der Waals surface area contributed by atoms with Crippen LogP contribution in [-0.2, 0) is 0 Å². The fraction of sp³-hybridized carbons (Fsp3) is 1.00. The van der Waals surface area contributed by atoms with Crippen molar-refractivity contribution in [2.24, 2.45) is 5.41 Å². The van der Waals surface area contributed by atoms with E-state index < -0.39 is 0 Å². The van der Waals surface area contributed by atoms with E-state index in [1.165, 1.54) is 38.5 Å². The predicted octanol–water partition coefficient (Wildman–Crippen LogP) is 4.53.